The average molecular weight is 318 g/mol. The molecule has 0 aromatic heterocycles. The van der Waals surface area contributed by atoms with Crippen LogP contribution in [0, 0.1) is 6.92 Å². The second-order valence-corrected chi connectivity index (χ2v) is 7.20. The van der Waals surface area contributed by atoms with Crippen molar-refractivity contribution in [2.45, 2.75) is 31.3 Å². The zero-order valence-electron chi connectivity index (χ0n) is 12.9. The van der Waals surface area contributed by atoms with E-state index in [0.717, 1.165) is 5.56 Å². The van der Waals surface area contributed by atoms with Gasteiger partial charge in [-0.15, -0.1) is 0 Å². The summed E-state index contributed by atoms with van der Waals surface area (Å²) >= 11 is 0. The van der Waals surface area contributed by atoms with Gasteiger partial charge in [0, 0.05) is 19.1 Å². The third kappa shape index (κ3) is 4.94. The summed E-state index contributed by atoms with van der Waals surface area (Å²) in [4.78, 5) is 0.299. The molecule has 2 N–H and O–H groups in total. The molecule has 4 nitrogen and oxygen atoms in total. The van der Waals surface area contributed by atoms with E-state index in [0.29, 0.717) is 18.0 Å². The summed E-state index contributed by atoms with van der Waals surface area (Å²) in [6, 6.07) is 16.9. The SMILES string of the molecule is Cc1ccc(S(=O)(=O)NCC(C)NCc2ccccc2)cc1. The van der Waals surface area contributed by atoms with Crippen LogP contribution in [-0.4, -0.2) is 21.0 Å². The smallest absolute Gasteiger partial charge is 0.240 e. The first kappa shape index (κ1) is 16.7. The Kier molecular flexibility index (Phi) is 5.71. The monoisotopic (exact) mass is 318 g/mol. The number of sulfonamides is 1. The quantitative estimate of drug-likeness (QED) is 0.824. The third-order valence-corrected chi connectivity index (χ3v) is 4.85. The topological polar surface area (TPSA) is 58.2 Å². The lowest BCUT2D eigenvalue weighted by molar-refractivity contribution is 0.524. The zero-order chi connectivity index (χ0) is 16.0. The van der Waals surface area contributed by atoms with Crippen molar-refractivity contribution in [1.82, 2.24) is 10.0 Å². The van der Waals surface area contributed by atoms with Gasteiger partial charge in [-0.25, -0.2) is 13.1 Å². The van der Waals surface area contributed by atoms with Crippen LogP contribution in [0.15, 0.2) is 59.5 Å². The van der Waals surface area contributed by atoms with E-state index < -0.39 is 10.0 Å². The molecule has 0 spiro atoms. The molecule has 0 aliphatic carbocycles. The van der Waals surface area contributed by atoms with E-state index in [9.17, 15) is 8.42 Å². The van der Waals surface area contributed by atoms with Crippen LogP contribution in [0.3, 0.4) is 0 Å². The number of nitrogens with one attached hydrogen (secondary N) is 2. The van der Waals surface area contributed by atoms with Crippen molar-refractivity contribution in [3.05, 3.63) is 65.7 Å². The van der Waals surface area contributed by atoms with E-state index in [1.165, 1.54) is 5.56 Å². The normalized spacial score (nSPS) is 13.0. The second-order valence-electron chi connectivity index (χ2n) is 5.43. The van der Waals surface area contributed by atoms with Crippen LogP contribution in [0.4, 0.5) is 0 Å². The minimum absolute atomic E-state index is 0.0421. The summed E-state index contributed by atoms with van der Waals surface area (Å²) in [7, 11) is -3.45. The molecule has 22 heavy (non-hydrogen) atoms. The Morgan fingerprint density at radius 1 is 1.00 bits per heavy atom. The van der Waals surface area contributed by atoms with Gasteiger partial charge in [-0.2, -0.15) is 0 Å². The predicted molar refractivity (Wildman–Crippen MR) is 89.1 cm³/mol. The van der Waals surface area contributed by atoms with Gasteiger partial charge >= 0.3 is 0 Å². The van der Waals surface area contributed by atoms with Crippen LogP contribution in [0.25, 0.3) is 0 Å². The number of hydrogen-bond donors (Lipinski definition) is 2. The summed E-state index contributed by atoms with van der Waals surface area (Å²) in [5, 5.41) is 3.31. The number of aryl methyl sites for hydroxylation is 1. The molecule has 0 saturated carbocycles. The van der Waals surface area contributed by atoms with Crippen LogP contribution in [0.1, 0.15) is 18.1 Å². The molecule has 118 valence electrons. The first-order chi connectivity index (χ1) is 10.5. The van der Waals surface area contributed by atoms with E-state index in [1.54, 1.807) is 24.3 Å². The first-order valence-corrected chi connectivity index (χ1v) is 8.79. The fraction of sp³-hybridized carbons (Fsp3) is 0.294. The lowest BCUT2D eigenvalue weighted by Crippen LogP contribution is -2.38. The first-order valence-electron chi connectivity index (χ1n) is 7.31. The molecule has 1 unspecified atom stereocenters. The summed E-state index contributed by atoms with van der Waals surface area (Å²) in [5.41, 5.74) is 2.22. The van der Waals surface area contributed by atoms with Gasteiger partial charge < -0.3 is 5.32 Å². The van der Waals surface area contributed by atoms with Crippen LogP contribution >= 0.6 is 0 Å². The van der Waals surface area contributed by atoms with E-state index in [1.807, 2.05) is 44.2 Å². The molecule has 0 amide bonds. The highest BCUT2D eigenvalue weighted by Gasteiger charge is 2.14. The Bertz CT molecular complexity index is 682. The van der Waals surface area contributed by atoms with Crippen LogP contribution < -0.4 is 10.0 Å². The maximum Gasteiger partial charge on any atom is 0.240 e. The molecule has 0 heterocycles. The van der Waals surface area contributed by atoms with E-state index in [2.05, 4.69) is 10.0 Å². The molecule has 0 bridgehead atoms. The second kappa shape index (κ2) is 7.54. The Hall–Kier alpha value is -1.69. The Balaban J connectivity index is 1.85. The Labute approximate surface area is 132 Å². The van der Waals surface area contributed by atoms with Crippen molar-refractivity contribution >= 4 is 10.0 Å². The van der Waals surface area contributed by atoms with Crippen molar-refractivity contribution < 1.29 is 8.42 Å². The van der Waals surface area contributed by atoms with Crippen LogP contribution in [0.2, 0.25) is 0 Å². The van der Waals surface area contributed by atoms with Gasteiger partial charge in [-0.1, -0.05) is 48.0 Å². The van der Waals surface area contributed by atoms with E-state index in [-0.39, 0.29) is 6.04 Å². The summed E-state index contributed by atoms with van der Waals surface area (Å²) < 4.78 is 27.0. The van der Waals surface area contributed by atoms with Crippen molar-refractivity contribution in [3.8, 4) is 0 Å². The molecule has 2 aromatic rings. The van der Waals surface area contributed by atoms with Crippen molar-refractivity contribution in [3.63, 3.8) is 0 Å². The minimum atomic E-state index is -3.45. The van der Waals surface area contributed by atoms with Crippen LogP contribution in [0.5, 0.6) is 0 Å². The molecule has 0 radical (unpaired) electrons. The molecule has 5 heteroatoms. The Morgan fingerprint density at radius 2 is 1.64 bits per heavy atom. The standard InChI is InChI=1S/C17H22N2O2S/c1-14-8-10-17(11-9-14)22(20,21)19-12-15(2)18-13-16-6-4-3-5-7-16/h3-11,15,18-19H,12-13H2,1-2H3. The molecule has 0 aliphatic heterocycles. The van der Waals surface area contributed by atoms with Gasteiger partial charge in [0.1, 0.15) is 0 Å². The van der Waals surface area contributed by atoms with Gasteiger partial charge in [-0.3, -0.25) is 0 Å². The zero-order valence-corrected chi connectivity index (χ0v) is 13.7. The molecule has 0 aliphatic rings. The fourth-order valence-electron chi connectivity index (χ4n) is 2.00. The maximum atomic E-state index is 12.2. The predicted octanol–water partition coefficient (Wildman–Crippen LogP) is 2.45. The van der Waals surface area contributed by atoms with Crippen molar-refractivity contribution in [1.29, 1.82) is 0 Å². The van der Waals surface area contributed by atoms with Crippen molar-refractivity contribution in [2.75, 3.05) is 6.54 Å². The average Bonchev–Trinajstić information content (AvgIpc) is 2.52. The highest BCUT2D eigenvalue weighted by molar-refractivity contribution is 7.89. The van der Waals surface area contributed by atoms with Crippen LogP contribution in [-0.2, 0) is 16.6 Å². The molecule has 1 atom stereocenters. The van der Waals surface area contributed by atoms with E-state index in [4.69, 9.17) is 0 Å². The number of rotatable bonds is 7. The highest BCUT2D eigenvalue weighted by Crippen LogP contribution is 2.09. The summed E-state index contributed by atoms with van der Waals surface area (Å²) in [5.74, 6) is 0. The molecule has 0 saturated heterocycles. The van der Waals surface area contributed by atoms with Gasteiger partial charge in [0.15, 0.2) is 0 Å². The van der Waals surface area contributed by atoms with E-state index >= 15 is 0 Å². The third-order valence-electron chi connectivity index (χ3n) is 3.41. The Morgan fingerprint density at radius 3 is 2.27 bits per heavy atom. The molecule has 2 aromatic carbocycles. The van der Waals surface area contributed by atoms with Gasteiger partial charge in [0.2, 0.25) is 10.0 Å². The van der Waals surface area contributed by atoms with Gasteiger partial charge in [0.05, 0.1) is 4.90 Å². The van der Waals surface area contributed by atoms with Crippen molar-refractivity contribution in [2.24, 2.45) is 0 Å². The van der Waals surface area contributed by atoms with Gasteiger partial charge in [-0.05, 0) is 31.5 Å². The number of benzene rings is 2. The molecule has 0 fully saturated rings. The lowest BCUT2D eigenvalue weighted by atomic mass is 10.2. The fourth-order valence-corrected chi connectivity index (χ4v) is 3.13. The largest absolute Gasteiger partial charge is 0.309 e. The van der Waals surface area contributed by atoms with Gasteiger partial charge in [0.25, 0.3) is 0 Å². The summed E-state index contributed by atoms with van der Waals surface area (Å²) in [6.07, 6.45) is 0. The molecular weight excluding hydrogens is 296 g/mol. The molecule has 2 rings (SSSR count). The lowest BCUT2D eigenvalue weighted by Gasteiger charge is -2.15. The maximum absolute atomic E-state index is 12.2. The minimum Gasteiger partial charge on any atom is -0.309 e. The highest BCUT2D eigenvalue weighted by atomic mass is 32.2. The number of hydrogen-bond acceptors (Lipinski definition) is 3. The molecular formula is C17H22N2O2S. The summed E-state index contributed by atoms with van der Waals surface area (Å²) in [6.45, 7) is 4.96.